The number of halogens is 1. The van der Waals surface area contributed by atoms with Gasteiger partial charge in [0.05, 0.1) is 10.5 Å². The van der Waals surface area contributed by atoms with Gasteiger partial charge in [0.2, 0.25) is 0 Å². The molecule has 1 saturated carbocycles. The van der Waals surface area contributed by atoms with E-state index in [1.54, 1.807) is 0 Å². The van der Waals surface area contributed by atoms with Crippen LogP contribution in [0.3, 0.4) is 0 Å². The molecule has 2 aliphatic rings. The van der Waals surface area contributed by atoms with Gasteiger partial charge >= 0.3 is 0 Å². The Labute approximate surface area is 129 Å². The molecule has 1 aromatic rings. The van der Waals surface area contributed by atoms with Gasteiger partial charge in [-0.15, -0.1) is 0 Å². The summed E-state index contributed by atoms with van der Waals surface area (Å²) in [5.41, 5.74) is -0.313. The van der Waals surface area contributed by atoms with Gasteiger partial charge in [0.15, 0.2) is 0 Å². The van der Waals surface area contributed by atoms with E-state index in [-0.39, 0.29) is 22.2 Å². The number of fused-ring (bicyclic) bond motifs is 1. The minimum absolute atomic E-state index is 0.0726. The van der Waals surface area contributed by atoms with Gasteiger partial charge in [0.25, 0.3) is 17.5 Å². The first kappa shape index (κ1) is 14.2. The lowest BCUT2D eigenvalue weighted by Gasteiger charge is -2.42. The SMILES string of the molecule is O=C1c2cccc([N+](=O)[O-])c2C(=O)N1CC1(CBr)CCC1. The van der Waals surface area contributed by atoms with Crippen molar-refractivity contribution in [3.8, 4) is 0 Å². The van der Waals surface area contributed by atoms with Crippen LogP contribution in [0.2, 0.25) is 0 Å². The third-order valence-electron chi connectivity index (χ3n) is 4.36. The maximum absolute atomic E-state index is 12.5. The number of hydrogen-bond donors (Lipinski definition) is 0. The van der Waals surface area contributed by atoms with Gasteiger partial charge in [-0.2, -0.15) is 0 Å². The van der Waals surface area contributed by atoms with Gasteiger partial charge in [-0.25, -0.2) is 0 Å². The zero-order valence-electron chi connectivity index (χ0n) is 11.2. The fraction of sp³-hybridized carbons (Fsp3) is 0.429. The molecule has 3 rings (SSSR count). The van der Waals surface area contributed by atoms with Crippen LogP contribution in [0.15, 0.2) is 18.2 Å². The van der Waals surface area contributed by atoms with Gasteiger partial charge in [0, 0.05) is 17.9 Å². The second kappa shape index (κ2) is 4.91. The second-order valence-corrected chi connectivity index (χ2v) is 6.20. The summed E-state index contributed by atoms with van der Waals surface area (Å²) in [4.78, 5) is 36.4. The Hall–Kier alpha value is -1.76. The summed E-state index contributed by atoms with van der Waals surface area (Å²) < 4.78 is 0. The van der Waals surface area contributed by atoms with Gasteiger partial charge in [-0.05, 0) is 24.3 Å². The molecule has 1 fully saturated rings. The van der Waals surface area contributed by atoms with E-state index in [1.165, 1.54) is 18.2 Å². The largest absolute Gasteiger partial charge is 0.282 e. The Morgan fingerprint density at radius 2 is 2.00 bits per heavy atom. The van der Waals surface area contributed by atoms with Crippen LogP contribution < -0.4 is 0 Å². The van der Waals surface area contributed by atoms with E-state index in [9.17, 15) is 19.7 Å². The van der Waals surface area contributed by atoms with E-state index in [2.05, 4.69) is 15.9 Å². The summed E-state index contributed by atoms with van der Waals surface area (Å²) in [7, 11) is 0. The molecule has 110 valence electrons. The number of nitrogens with zero attached hydrogens (tertiary/aromatic N) is 2. The average molecular weight is 353 g/mol. The third-order valence-corrected chi connectivity index (χ3v) is 5.55. The van der Waals surface area contributed by atoms with Crippen molar-refractivity contribution in [2.45, 2.75) is 19.3 Å². The zero-order chi connectivity index (χ0) is 15.2. The highest BCUT2D eigenvalue weighted by atomic mass is 79.9. The molecule has 1 aliphatic carbocycles. The van der Waals surface area contributed by atoms with Crippen molar-refractivity contribution >= 4 is 33.4 Å². The molecule has 1 aromatic carbocycles. The van der Waals surface area contributed by atoms with Gasteiger partial charge in [0.1, 0.15) is 5.56 Å². The molecule has 0 N–H and O–H groups in total. The van der Waals surface area contributed by atoms with Crippen LogP contribution in [0.5, 0.6) is 0 Å². The number of hydrogen-bond acceptors (Lipinski definition) is 4. The highest BCUT2D eigenvalue weighted by Gasteiger charge is 2.46. The molecule has 1 heterocycles. The van der Waals surface area contributed by atoms with E-state index in [4.69, 9.17) is 0 Å². The van der Waals surface area contributed by atoms with E-state index in [0.717, 1.165) is 29.5 Å². The smallest absolute Gasteiger partial charge is 0.274 e. The van der Waals surface area contributed by atoms with Crippen LogP contribution in [-0.2, 0) is 0 Å². The van der Waals surface area contributed by atoms with Gasteiger partial charge in [-0.1, -0.05) is 28.4 Å². The third kappa shape index (κ3) is 2.07. The summed E-state index contributed by atoms with van der Waals surface area (Å²) in [6.07, 6.45) is 2.98. The first-order valence-corrected chi connectivity index (χ1v) is 7.81. The predicted molar refractivity (Wildman–Crippen MR) is 78.5 cm³/mol. The van der Waals surface area contributed by atoms with Gasteiger partial charge in [-0.3, -0.25) is 24.6 Å². The number of benzene rings is 1. The molecule has 2 amide bonds. The number of nitro benzene ring substituents is 1. The lowest BCUT2D eigenvalue weighted by atomic mass is 9.70. The predicted octanol–water partition coefficient (Wildman–Crippen LogP) is 2.76. The first-order valence-electron chi connectivity index (χ1n) is 6.69. The van der Waals surface area contributed by atoms with Gasteiger partial charge < -0.3 is 0 Å². The lowest BCUT2D eigenvalue weighted by Crippen LogP contribution is -2.45. The zero-order valence-corrected chi connectivity index (χ0v) is 12.8. The molecule has 0 spiro atoms. The van der Waals surface area contributed by atoms with Crippen molar-refractivity contribution in [1.29, 1.82) is 0 Å². The monoisotopic (exact) mass is 352 g/mol. The van der Waals surface area contributed by atoms with Crippen LogP contribution in [0, 0.1) is 15.5 Å². The lowest BCUT2D eigenvalue weighted by molar-refractivity contribution is -0.385. The first-order chi connectivity index (χ1) is 9.99. The van der Waals surface area contributed by atoms with Crippen LogP contribution in [0.25, 0.3) is 0 Å². The average Bonchev–Trinajstić information content (AvgIpc) is 2.67. The molecular weight excluding hydrogens is 340 g/mol. The summed E-state index contributed by atoms with van der Waals surface area (Å²) in [6.45, 7) is 0.321. The fourth-order valence-corrected chi connectivity index (χ4v) is 3.70. The Kier molecular flexibility index (Phi) is 3.32. The Balaban J connectivity index is 1.97. The minimum Gasteiger partial charge on any atom is -0.274 e. The number of carbonyl (C=O) groups excluding carboxylic acids is 2. The molecule has 0 bridgehead atoms. The van der Waals surface area contributed by atoms with E-state index < -0.39 is 16.7 Å². The topological polar surface area (TPSA) is 80.5 Å². The molecule has 1 aliphatic heterocycles. The molecule has 0 radical (unpaired) electrons. The molecule has 0 aromatic heterocycles. The number of nitro groups is 1. The Bertz CT molecular complexity index is 649. The van der Waals surface area contributed by atoms with E-state index in [0.29, 0.717) is 6.54 Å². The summed E-state index contributed by atoms with van der Waals surface area (Å²) in [5, 5.41) is 11.8. The maximum atomic E-state index is 12.5. The quantitative estimate of drug-likeness (QED) is 0.361. The van der Waals surface area contributed by atoms with Crippen molar-refractivity contribution in [2.75, 3.05) is 11.9 Å². The van der Waals surface area contributed by atoms with Crippen LogP contribution in [-0.4, -0.2) is 33.5 Å². The maximum Gasteiger partial charge on any atom is 0.282 e. The number of carbonyl (C=O) groups is 2. The number of rotatable bonds is 4. The molecule has 21 heavy (non-hydrogen) atoms. The normalized spacial score (nSPS) is 19.4. The number of alkyl halides is 1. The van der Waals surface area contributed by atoms with E-state index >= 15 is 0 Å². The summed E-state index contributed by atoms with van der Waals surface area (Å²) in [6, 6.07) is 4.18. The van der Waals surface area contributed by atoms with Crippen LogP contribution in [0.4, 0.5) is 5.69 Å². The molecule has 0 saturated heterocycles. The van der Waals surface area contributed by atoms with Crippen LogP contribution in [0.1, 0.15) is 40.0 Å². The molecule has 6 nitrogen and oxygen atoms in total. The second-order valence-electron chi connectivity index (χ2n) is 5.64. The summed E-state index contributed by atoms with van der Waals surface area (Å²) >= 11 is 3.45. The fourth-order valence-electron chi connectivity index (χ4n) is 2.96. The Morgan fingerprint density at radius 1 is 1.29 bits per heavy atom. The molecule has 7 heteroatoms. The number of imide groups is 1. The van der Waals surface area contributed by atoms with Crippen molar-refractivity contribution in [3.63, 3.8) is 0 Å². The van der Waals surface area contributed by atoms with Crippen molar-refractivity contribution in [3.05, 3.63) is 39.4 Å². The van der Waals surface area contributed by atoms with Crippen molar-refractivity contribution in [1.82, 2.24) is 4.90 Å². The van der Waals surface area contributed by atoms with Crippen molar-refractivity contribution < 1.29 is 14.5 Å². The summed E-state index contributed by atoms with van der Waals surface area (Å²) in [5.74, 6) is -0.972. The minimum atomic E-state index is -0.614. The number of amides is 2. The highest BCUT2D eigenvalue weighted by Crippen LogP contribution is 2.44. The molecule has 0 atom stereocenters. The molecule has 0 unspecified atom stereocenters. The van der Waals surface area contributed by atoms with Crippen LogP contribution >= 0.6 is 15.9 Å². The highest BCUT2D eigenvalue weighted by molar-refractivity contribution is 9.09. The molecular formula is C14H13BrN2O4. The van der Waals surface area contributed by atoms with Crippen molar-refractivity contribution in [2.24, 2.45) is 5.41 Å². The standard InChI is InChI=1S/C14H13BrN2O4/c15-7-14(5-2-6-14)8-16-12(18)9-3-1-4-10(17(20)21)11(9)13(16)19/h1,3-4H,2,5-8H2. The van der Waals surface area contributed by atoms with E-state index in [1.807, 2.05) is 0 Å². The Morgan fingerprint density at radius 3 is 2.52 bits per heavy atom.